The molecule has 30 heavy (non-hydrogen) atoms. The number of rotatable bonds is 7. The van der Waals surface area contributed by atoms with Crippen LogP contribution in [0.15, 0.2) is 82.8 Å². The van der Waals surface area contributed by atoms with E-state index < -0.39 is 5.91 Å². The predicted octanol–water partition coefficient (Wildman–Crippen LogP) is 5.58. The number of ether oxygens (including phenoxy) is 2. The van der Waals surface area contributed by atoms with Crippen LogP contribution in [0.4, 0.5) is 5.69 Å². The minimum absolute atomic E-state index is 0.0224. The molecule has 0 atom stereocenters. The summed E-state index contributed by atoms with van der Waals surface area (Å²) in [5.74, 6) is 0.682. The molecule has 3 rings (SSSR count). The summed E-state index contributed by atoms with van der Waals surface area (Å²) in [5, 5.41) is 12.2. The summed E-state index contributed by atoms with van der Waals surface area (Å²) in [7, 11) is 1.52. The third kappa shape index (κ3) is 5.49. The Balaban J connectivity index is 1.73. The number of nitriles is 1. The number of halogens is 1. The number of methoxy groups -OCH3 is 1. The van der Waals surface area contributed by atoms with E-state index in [1.807, 2.05) is 36.4 Å². The van der Waals surface area contributed by atoms with Gasteiger partial charge in [0.1, 0.15) is 29.7 Å². The molecule has 5 nitrogen and oxygen atoms in total. The fourth-order valence-electron chi connectivity index (χ4n) is 2.71. The van der Waals surface area contributed by atoms with E-state index in [0.717, 1.165) is 10.0 Å². The van der Waals surface area contributed by atoms with Crippen LogP contribution in [-0.4, -0.2) is 13.0 Å². The summed E-state index contributed by atoms with van der Waals surface area (Å²) in [6.07, 6.45) is 1.52. The van der Waals surface area contributed by atoms with Crippen molar-refractivity contribution in [1.82, 2.24) is 0 Å². The van der Waals surface area contributed by atoms with Crippen molar-refractivity contribution in [3.63, 3.8) is 0 Å². The van der Waals surface area contributed by atoms with Crippen molar-refractivity contribution in [2.45, 2.75) is 6.61 Å². The second kappa shape index (κ2) is 10.3. The smallest absolute Gasteiger partial charge is 0.266 e. The molecule has 0 aromatic heterocycles. The van der Waals surface area contributed by atoms with Crippen LogP contribution in [0.3, 0.4) is 0 Å². The van der Waals surface area contributed by atoms with Gasteiger partial charge < -0.3 is 14.8 Å². The largest absolute Gasteiger partial charge is 0.495 e. The Hall–Kier alpha value is -3.56. The summed E-state index contributed by atoms with van der Waals surface area (Å²) in [6.45, 7) is 0.444. The standard InChI is InChI=1S/C24H19BrN2O3/c1-29-23-10-6-5-9-21(23)27-24(28)19(15-26)13-18-11-12-22(20(25)14-18)30-16-17-7-3-2-4-8-17/h2-14H,16H2,1H3,(H,27,28)/b19-13+. The average Bonchev–Trinajstić information content (AvgIpc) is 2.77. The van der Waals surface area contributed by atoms with E-state index >= 15 is 0 Å². The monoisotopic (exact) mass is 462 g/mol. The topological polar surface area (TPSA) is 71.3 Å². The van der Waals surface area contributed by atoms with Gasteiger partial charge in [-0.25, -0.2) is 0 Å². The lowest BCUT2D eigenvalue weighted by Crippen LogP contribution is -2.14. The second-order valence-electron chi connectivity index (χ2n) is 6.29. The Morgan fingerprint density at radius 3 is 2.50 bits per heavy atom. The highest BCUT2D eigenvalue weighted by Gasteiger charge is 2.12. The molecule has 3 aromatic rings. The predicted molar refractivity (Wildman–Crippen MR) is 120 cm³/mol. The molecule has 0 radical (unpaired) electrons. The zero-order valence-corrected chi connectivity index (χ0v) is 17.8. The first-order valence-electron chi connectivity index (χ1n) is 9.13. The van der Waals surface area contributed by atoms with Gasteiger partial charge in [0.15, 0.2) is 0 Å². The van der Waals surface area contributed by atoms with Gasteiger partial charge in [-0.2, -0.15) is 5.26 Å². The van der Waals surface area contributed by atoms with Crippen LogP contribution in [0.25, 0.3) is 6.08 Å². The normalized spacial score (nSPS) is 10.8. The first-order valence-corrected chi connectivity index (χ1v) is 9.92. The number of anilines is 1. The quantitative estimate of drug-likeness (QED) is 0.367. The molecule has 3 aromatic carbocycles. The van der Waals surface area contributed by atoms with Crippen molar-refractivity contribution in [2.75, 3.05) is 12.4 Å². The third-order valence-electron chi connectivity index (χ3n) is 4.22. The first kappa shape index (κ1) is 21.2. The van der Waals surface area contributed by atoms with Gasteiger partial charge in [-0.15, -0.1) is 0 Å². The molecular weight excluding hydrogens is 444 g/mol. The number of hydrogen-bond acceptors (Lipinski definition) is 4. The molecule has 0 spiro atoms. The summed E-state index contributed by atoms with van der Waals surface area (Å²) in [6, 6.07) is 24.2. The van der Waals surface area contributed by atoms with Gasteiger partial charge in [0.25, 0.3) is 5.91 Å². The molecule has 0 aliphatic rings. The number of nitrogens with zero attached hydrogens (tertiary/aromatic N) is 1. The highest BCUT2D eigenvalue weighted by molar-refractivity contribution is 9.10. The maximum atomic E-state index is 12.5. The maximum absolute atomic E-state index is 12.5. The minimum Gasteiger partial charge on any atom is -0.495 e. The zero-order chi connectivity index (χ0) is 21.3. The number of benzene rings is 3. The molecule has 0 fully saturated rings. The molecule has 1 N–H and O–H groups in total. The van der Waals surface area contributed by atoms with Crippen LogP contribution in [0.5, 0.6) is 11.5 Å². The molecule has 0 unspecified atom stereocenters. The number of hydrogen-bond donors (Lipinski definition) is 1. The first-order chi connectivity index (χ1) is 14.6. The molecule has 6 heteroatoms. The molecule has 0 aliphatic carbocycles. The summed E-state index contributed by atoms with van der Waals surface area (Å²) < 4.78 is 11.8. The van der Waals surface area contributed by atoms with E-state index in [-0.39, 0.29) is 5.57 Å². The van der Waals surface area contributed by atoms with E-state index in [2.05, 4.69) is 21.2 Å². The second-order valence-corrected chi connectivity index (χ2v) is 7.14. The Morgan fingerprint density at radius 1 is 1.07 bits per heavy atom. The van der Waals surface area contributed by atoms with E-state index in [0.29, 0.717) is 29.4 Å². The number of carbonyl (C=O) groups is 1. The van der Waals surface area contributed by atoms with Gasteiger partial charge in [-0.3, -0.25) is 4.79 Å². The zero-order valence-electron chi connectivity index (χ0n) is 16.3. The van der Waals surface area contributed by atoms with Crippen LogP contribution in [-0.2, 0) is 11.4 Å². The maximum Gasteiger partial charge on any atom is 0.266 e. The van der Waals surface area contributed by atoms with E-state index in [1.54, 1.807) is 42.5 Å². The van der Waals surface area contributed by atoms with Gasteiger partial charge in [0, 0.05) is 0 Å². The molecule has 0 saturated heterocycles. The van der Waals surface area contributed by atoms with Crippen molar-refractivity contribution < 1.29 is 14.3 Å². The van der Waals surface area contributed by atoms with Crippen LogP contribution in [0.2, 0.25) is 0 Å². The van der Waals surface area contributed by atoms with Crippen LogP contribution in [0.1, 0.15) is 11.1 Å². The fourth-order valence-corrected chi connectivity index (χ4v) is 3.22. The fraction of sp³-hybridized carbons (Fsp3) is 0.0833. The minimum atomic E-state index is -0.512. The Kier molecular flexibility index (Phi) is 7.25. The SMILES string of the molecule is COc1ccccc1NC(=O)/C(C#N)=C/c1ccc(OCc2ccccc2)c(Br)c1. The summed E-state index contributed by atoms with van der Waals surface area (Å²) >= 11 is 3.49. The molecule has 0 saturated carbocycles. The van der Waals surface area contributed by atoms with Gasteiger partial charge in [0.05, 0.1) is 17.3 Å². The lowest BCUT2D eigenvalue weighted by atomic mass is 10.1. The molecule has 150 valence electrons. The highest BCUT2D eigenvalue weighted by Crippen LogP contribution is 2.28. The Bertz CT molecular complexity index is 1100. The molecule has 0 aliphatic heterocycles. The summed E-state index contributed by atoms with van der Waals surface area (Å²) in [5.41, 5.74) is 2.23. The van der Waals surface area contributed by atoms with Crippen LogP contribution < -0.4 is 14.8 Å². The van der Waals surface area contributed by atoms with E-state index in [9.17, 15) is 10.1 Å². The van der Waals surface area contributed by atoms with Gasteiger partial charge in [0.2, 0.25) is 0 Å². The van der Waals surface area contributed by atoms with Crippen molar-refractivity contribution in [1.29, 1.82) is 5.26 Å². The highest BCUT2D eigenvalue weighted by atomic mass is 79.9. The van der Waals surface area contributed by atoms with Crippen molar-refractivity contribution in [3.05, 3.63) is 94.0 Å². The Labute approximate surface area is 183 Å². The molecule has 1 amide bonds. The van der Waals surface area contributed by atoms with Crippen molar-refractivity contribution in [3.8, 4) is 17.6 Å². The number of amides is 1. The van der Waals surface area contributed by atoms with Crippen LogP contribution >= 0.6 is 15.9 Å². The van der Waals surface area contributed by atoms with Crippen molar-refractivity contribution >= 4 is 33.6 Å². The van der Waals surface area contributed by atoms with Crippen LogP contribution in [0, 0.1) is 11.3 Å². The van der Waals surface area contributed by atoms with Gasteiger partial charge in [-0.05, 0) is 57.4 Å². The lowest BCUT2D eigenvalue weighted by Gasteiger charge is -2.10. The van der Waals surface area contributed by atoms with E-state index in [1.165, 1.54) is 13.2 Å². The summed E-state index contributed by atoms with van der Waals surface area (Å²) in [4.78, 5) is 12.5. The number of carbonyl (C=O) groups excluding carboxylic acids is 1. The molecule has 0 bridgehead atoms. The van der Waals surface area contributed by atoms with Gasteiger partial charge in [-0.1, -0.05) is 48.5 Å². The third-order valence-corrected chi connectivity index (χ3v) is 4.84. The Morgan fingerprint density at radius 2 is 1.80 bits per heavy atom. The van der Waals surface area contributed by atoms with E-state index in [4.69, 9.17) is 9.47 Å². The van der Waals surface area contributed by atoms with Crippen molar-refractivity contribution in [2.24, 2.45) is 0 Å². The van der Waals surface area contributed by atoms with Gasteiger partial charge >= 0.3 is 0 Å². The molecular formula is C24H19BrN2O3. The average molecular weight is 463 g/mol. The number of nitrogens with one attached hydrogen (secondary N) is 1. The number of para-hydroxylation sites is 2. The molecule has 0 heterocycles. The lowest BCUT2D eigenvalue weighted by molar-refractivity contribution is -0.112.